The zero-order chi connectivity index (χ0) is 51.5. The van der Waals surface area contributed by atoms with Gasteiger partial charge in [0, 0.05) is 6.42 Å². The first-order chi connectivity index (χ1) is 34.8. The van der Waals surface area contributed by atoms with Crippen LogP contribution in [0.5, 0.6) is 0 Å². The number of ether oxygens (including phenoxy) is 2. The van der Waals surface area contributed by atoms with E-state index in [9.17, 15) is 30.3 Å². The highest BCUT2D eigenvalue weighted by atomic mass is 16.7. The van der Waals surface area contributed by atoms with Crippen LogP contribution in [0.1, 0.15) is 284 Å². The maximum atomic E-state index is 13.1. The van der Waals surface area contributed by atoms with E-state index in [0.717, 1.165) is 77.0 Å². The lowest BCUT2D eigenvalue weighted by molar-refractivity contribution is -0.302. The minimum Gasteiger partial charge on any atom is -0.394 e. The molecule has 7 atom stereocenters. The zero-order valence-electron chi connectivity index (χ0n) is 46.2. The second kappa shape index (κ2) is 51.6. The Morgan fingerprint density at radius 2 is 0.873 bits per heavy atom. The first-order valence-electron chi connectivity index (χ1n) is 30.3. The highest BCUT2D eigenvalue weighted by Crippen LogP contribution is 2.23. The molecule has 6 N–H and O–H groups in total. The van der Waals surface area contributed by atoms with Gasteiger partial charge >= 0.3 is 0 Å². The molecule has 0 radical (unpaired) electrons. The molecule has 1 saturated heterocycles. The third kappa shape index (κ3) is 41.1. The van der Waals surface area contributed by atoms with Crippen molar-refractivity contribution in [2.45, 2.75) is 326 Å². The van der Waals surface area contributed by atoms with Gasteiger partial charge in [0.1, 0.15) is 24.4 Å². The van der Waals surface area contributed by atoms with Crippen molar-refractivity contribution in [3.8, 4) is 0 Å². The van der Waals surface area contributed by atoms with Crippen molar-refractivity contribution in [3.63, 3.8) is 0 Å². The molecule has 0 saturated carbocycles. The number of aliphatic hydroxyl groups excluding tert-OH is 5. The Hall–Kier alpha value is -1.85. The molecule has 1 amide bonds. The van der Waals surface area contributed by atoms with E-state index in [-0.39, 0.29) is 12.5 Å². The van der Waals surface area contributed by atoms with E-state index in [1.165, 1.54) is 180 Å². The van der Waals surface area contributed by atoms with Crippen LogP contribution in [0.25, 0.3) is 0 Å². The summed E-state index contributed by atoms with van der Waals surface area (Å²) in [7, 11) is 0. The Balaban J connectivity index is 2.14. The fraction of sp³-hybridized carbons (Fsp3) is 0.855. The summed E-state index contributed by atoms with van der Waals surface area (Å²) in [6.45, 7) is 3.73. The molecule has 0 bridgehead atoms. The predicted molar refractivity (Wildman–Crippen MR) is 299 cm³/mol. The lowest BCUT2D eigenvalue weighted by Crippen LogP contribution is -2.60. The minimum absolute atomic E-state index is 0.149. The SMILES string of the molecule is CC/C=C\C/C=C\C/C=C\C/C=C\CCCCCCC(=O)NC(COC1OC(CO)C(O)C(O)C1O)C(O)CCCCCCCCCCCCCCCCCCCCCCCCCCCCCCCCC. The van der Waals surface area contributed by atoms with Gasteiger partial charge in [0.15, 0.2) is 6.29 Å². The van der Waals surface area contributed by atoms with Gasteiger partial charge in [-0.2, -0.15) is 0 Å². The van der Waals surface area contributed by atoms with Gasteiger partial charge in [0.25, 0.3) is 0 Å². The highest BCUT2D eigenvalue weighted by molar-refractivity contribution is 5.76. The number of rotatable bonds is 52. The normalized spacial score (nSPS) is 19.6. The molecule has 7 unspecified atom stereocenters. The molecule has 0 aliphatic carbocycles. The van der Waals surface area contributed by atoms with Crippen LogP contribution in [0, 0.1) is 0 Å². The van der Waals surface area contributed by atoms with Crippen molar-refractivity contribution < 1.29 is 39.8 Å². The number of carbonyl (C=O) groups excluding carboxylic acids is 1. The van der Waals surface area contributed by atoms with Gasteiger partial charge < -0.3 is 40.3 Å². The molecule has 1 rings (SSSR count). The highest BCUT2D eigenvalue weighted by Gasteiger charge is 2.44. The smallest absolute Gasteiger partial charge is 0.220 e. The van der Waals surface area contributed by atoms with Crippen molar-refractivity contribution in [1.29, 1.82) is 0 Å². The first-order valence-corrected chi connectivity index (χ1v) is 30.3. The standard InChI is InChI=1S/C62H115NO8/c1-3-5-7-9-11-13-15-17-19-21-22-23-24-25-26-27-28-29-30-31-32-33-34-36-37-39-41-43-45-47-49-51-56(65)55(54-70-62-61(69)60(68)59(67)57(53-64)71-62)63-58(66)52-50-48-46-44-42-40-38-35-20-18-16-14-12-10-8-6-4-2/h6,8,12,14,18,20,38,40,55-57,59-62,64-65,67-69H,3-5,7,9-11,13,15-17,19,21-37,39,41-54H2,1-2H3,(H,63,66)/b8-6-,14-12-,20-18-,40-38-. The van der Waals surface area contributed by atoms with Crippen LogP contribution < -0.4 is 5.32 Å². The second-order valence-corrected chi connectivity index (χ2v) is 21.1. The van der Waals surface area contributed by atoms with Crippen LogP contribution in [0.15, 0.2) is 48.6 Å². The average Bonchev–Trinajstić information content (AvgIpc) is 3.37. The van der Waals surface area contributed by atoms with E-state index < -0.39 is 49.5 Å². The molecule has 1 aliphatic heterocycles. The Bertz CT molecular complexity index is 1250. The monoisotopic (exact) mass is 1000 g/mol. The van der Waals surface area contributed by atoms with E-state index in [4.69, 9.17) is 9.47 Å². The summed E-state index contributed by atoms with van der Waals surface area (Å²) in [5, 5.41) is 54.7. The summed E-state index contributed by atoms with van der Waals surface area (Å²) in [6, 6.07) is -0.735. The lowest BCUT2D eigenvalue weighted by Gasteiger charge is -2.40. The Morgan fingerprint density at radius 3 is 1.30 bits per heavy atom. The van der Waals surface area contributed by atoms with Crippen molar-refractivity contribution in [3.05, 3.63) is 48.6 Å². The second-order valence-electron chi connectivity index (χ2n) is 21.1. The van der Waals surface area contributed by atoms with Crippen LogP contribution >= 0.6 is 0 Å². The van der Waals surface area contributed by atoms with Crippen LogP contribution in [-0.4, -0.2) is 87.5 Å². The quantitative estimate of drug-likeness (QED) is 0.0261. The number of nitrogens with one attached hydrogen (secondary N) is 1. The molecule has 0 aromatic heterocycles. The Labute approximate surface area is 437 Å². The van der Waals surface area contributed by atoms with Crippen LogP contribution in [0.4, 0.5) is 0 Å². The van der Waals surface area contributed by atoms with Gasteiger partial charge in [-0.15, -0.1) is 0 Å². The van der Waals surface area contributed by atoms with Crippen LogP contribution in [0.3, 0.4) is 0 Å². The van der Waals surface area contributed by atoms with Crippen molar-refractivity contribution >= 4 is 5.91 Å². The van der Waals surface area contributed by atoms with Gasteiger partial charge in [-0.3, -0.25) is 4.79 Å². The molecular formula is C62H115NO8. The number of aliphatic hydroxyl groups is 5. The van der Waals surface area contributed by atoms with Crippen molar-refractivity contribution in [2.24, 2.45) is 0 Å². The summed E-state index contributed by atoms with van der Waals surface area (Å²) < 4.78 is 11.3. The molecule has 71 heavy (non-hydrogen) atoms. The van der Waals surface area contributed by atoms with Gasteiger partial charge in [0.05, 0.1) is 25.4 Å². The summed E-state index contributed by atoms with van der Waals surface area (Å²) in [4.78, 5) is 13.1. The molecular weight excluding hydrogens is 887 g/mol. The van der Waals surface area contributed by atoms with Gasteiger partial charge in [-0.25, -0.2) is 0 Å². The maximum absolute atomic E-state index is 13.1. The fourth-order valence-electron chi connectivity index (χ4n) is 9.68. The maximum Gasteiger partial charge on any atom is 0.220 e. The van der Waals surface area contributed by atoms with E-state index in [1.54, 1.807) is 0 Å². The van der Waals surface area contributed by atoms with Crippen LogP contribution in [-0.2, 0) is 14.3 Å². The molecule has 0 aromatic rings. The third-order valence-electron chi connectivity index (χ3n) is 14.4. The van der Waals surface area contributed by atoms with Crippen molar-refractivity contribution in [1.82, 2.24) is 5.32 Å². The summed E-state index contributed by atoms with van der Waals surface area (Å²) >= 11 is 0. The Kier molecular flexibility index (Phi) is 48.8. The summed E-state index contributed by atoms with van der Waals surface area (Å²) in [6.07, 6.45) is 61.6. The summed E-state index contributed by atoms with van der Waals surface area (Å²) in [5.74, 6) is -0.165. The molecule has 0 spiro atoms. The minimum atomic E-state index is -1.56. The largest absolute Gasteiger partial charge is 0.394 e. The molecule has 1 heterocycles. The number of hydrogen-bond donors (Lipinski definition) is 6. The number of carbonyl (C=O) groups is 1. The number of unbranched alkanes of at least 4 members (excludes halogenated alkanes) is 34. The molecule has 9 heteroatoms. The molecule has 0 aromatic carbocycles. The van der Waals surface area contributed by atoms with Gasteiger partial charge in [0.2, 0.25) is 5.91 Å². The molecule has 1 fully saturated rings. The summed E-state index contributed by atoms with van der Waals surface area (Å²) in [5.41, 5.74) is 0. The first kappa shape index (κ1) is 67.2. The molecule has 9 nitrogen and oxygen atoms in total. The number of hydrogen-bond acceptors (Lipinski definition) is 8. The lowest BCUT2D eigenvalue weighted by atomic mass is 9.99. The van der Waals surface area contributed by atoms with E-state index >= 15 is 0 Å². The van der Waals surface area contributed by atoms with E-state index in [2.05, 4.69) is 67.8 Å². The number of amides is 1. The molecule has 416 valence electrons. The third-order valence-corrected chi connectivity index (χ3v) is 14.4. The van der Waals surface area contributed by atoms with Crippen LogP contribution in [0.2, 0.25) is 0 Å². The van der Waals surface area contributed by atoms with Gasteiger partial charge in [-0.05, 0) is 51.4 Å². The van der Waals surface area contributed by atoms with E-state index in [0.29, 0.717) is 12.8 Å². The zero-order valence-corrected chi connectivity index (χ0v) is 46.2. The van der Waals surface area contributed by atoms with Gasteiger partial charge in [-0.1, -0.05) is 274 Å². The Morgan fingerprint density at radius 1 is 0.493 bits per heavy atom. The molecule has 1 aliphatic rings. The average molecular weight is 1000 g/mol. The fourth-order valence-corrected chi connectivity index (χ4v) is 9.68. The number of allylic oxidation sites excluding steroid dienone is 8. The van der Waals surface area contributed by atoms with Crippen molar-refractivity contribution in [2.75, 3.05) is 13.2 Å². The predicted octanol–water partition coefficient (Wildman–Crippen LogP) is 15.3. The van der Waals surface area contributed by atoms with E-state index in [1.807, 2.05) is 0 Å². The topological polar surface area (TPSA) is 149 Å².